The molecule has 1 aliphatic rings. The minimum absolute atomic E-state index is 0.0631. The van der Waals surface area contributed by atoms with E-state index in [0.717, 1.165) is 5.39 Å². The van der Waals surface area contributed by atoms with Crippen molar-refractivity contribution in [1.82, 2.24) is 9.80 Å². The highest BCUT2D eigenvalue weighted by atomic mass is 16.5. The molecule has 0 bridgehead atoms. The highest BCUT2D eigenvalue weighted by Gasteiger charge is 2.30. The van der Waals surface area contributed by atoms with Gasteiger partial charge in [0.05, 0.1) is 25.7 Å². The number of nitrogens with zero attached hydrogens (tertiary/aromatic N) is 2. The average Bonchev–Trinajstić information content (AvgIpc) is 3.12. The van der Waals surface area contributed by atoms with E-state index in [9.17, 15) is 14.4 Å². The van der Waals surface area contributed by atoms with Crippen molar-refractivity contribution in [2.45, 2.75) is 26.4 Å². The van der Waals surface area contributed by atoms with Gasteiger partial charge in [-0.15, -0.1) is 0 Å². The second-order valence-electron chi connectivity index (χ2n) is 7.41. The second-order valence-corrected chi connectivity index (χ2v) is 7.41. The number of hydrogen-bond donors (Lipinski definition) is 0. The maximum absolute atomic E-state index is 13.0. The SMILES string of the molecule is CCOC(=O)C1CCN(C(=O)CN(C)C(=O)c2oc3ccccc3c2COC)CC1. The van der Waals surface area contributed by atoms with Crippen LogP contribution in [0.3, 0.4) is 0 Å². The van der Waals surface area contributed by atoms with E-state index in [1.54, 1.807) is 32.0 Å². The Hall–Kier alpha value is -2.87. The zero-order chi connectivity index (χ0) is 21.7. The Balaban J connectivity index is 1.64. The maximum Gasteiger partial charge on any atom is 0.309 e. The molecule has 0 radical (unpaired) electrons. The van der Waals surface area contributed by atoms with Crippen LogP contribution in [0.25, 0.3) is 11.0 Å². The summed E-state index contributed by atoms with van der Waals surface area (Å²) in [6.45, 7) is 3.27. The lowest BCUT2D eigenvalue weighted by Crippen LogP contribution is -2.45. The number of hydrogen-bond acceptors (Lipinski definition) is 6. The predicted octanol–water partition coefficient (Wildman–Crippen LogP) is 2.45. The van der Waals surface area contributed by atoms with Gasteiger partial charge in [0.15, 0.2) is 5.76 Å². The van der Waals surface area contributed by atoms with Crippen LogP contribution in [0.15, 0.2) is 28.7 Å². The zero-order valence-electron chi connectivity index (χ0n) is 17.7. The fourth-order valence-electron chi connectivity index (χ4n) is 3.73. The van der Waals surface area contributed by atoms with Crippen molar-refractivity contribution < 1.29 is 28.3 Å². The van der Waals surface area contributed by atoms with Crippen molar-refractivity contribution in [3.8, 4) is 0 Å². The molecule has 162 valence electrons. The molecule has 0 atom stereocenters. The Morgan fingerprint density at radius 1 is 1.20 bits per heavy atom. The van der Waals surface area contributed by atoms with Crippen LogP contribution in [0.4, 0.5) is 0 Å². The molecule has 1 saturated heterocycles. The molecule has 0 unspecified atom stereocenters. The second kappa shape index (κ2) is 9.75. The standard InChI is InChI=1S/C22H28N2O6/c1-4-29-22(27)15-9-11-24(12-10-15)19(25)13-23(2)21(26)20-17(14-28-3)16-7-5-6-8-18(16)30-20/h5-8,15H,4,9-14H2,1-3H3. The molecule has 8 heteroatoms. The first kappa shape index (κ1) is 21.8. The molecule has 2 aromatic rings. The van der Waals surface area contributed by atoms with Crippen molar-refractivity contribution >= 4 is 28.8 Å². The van der Waals surface area contributed by atoms with E-state index in [1.807, 2.05) is 18.2 Å². The highest BCUT2D eigenvalue weighted by Crippen LogP contribution is 2.27. The van der Waals surface area contributed by atoms with E-state index in [2.05, 4.69) is 0 Å². The third kappa shape index (κ3) is 4.64. The number of benzene rings is 1. The third-order valence-corrected chi connectivity index (χ3v) is 5.37. The number of likely N-dealkylation sites (tertiary alicyclic amines) is 1. The molecular weight excluding hydrogens is 388 g/mol. The van der Waals surface area contributed by atoms with Crippen LogP contribution in [0.2, 0.25) is 0 Å². The third-order valence-electron chi connectivity index (χ3n) is 5.37. The number of amides is 2. The summed E-state index contributed by atoms with van der Waals surface area (Å²) in [4.78, 5) is 40.6. The summed E-state index contributed by atoms with van der Waals surface area (Å²) in [5, 5.41) is 0.823. The molecule has 2 heterocycles. The molecule has 30 heavy (non-hydrogen) atoms. The van der Waals surface area contributed by atoms with Crippen LogP contribution in [0, 0.1) is 5.92 Å². The quantitative estimate of drug-likeness (QED) is 0.644. The molecule has 1 aliphatic heterocycles. The summed E-state index contributed by atoms with van der Waals surface area (Å²) >= 11 is 0. The van der Waals surface area contributed by atoms with Gasteiger partial charge < -0.3 is 23.7 Å². The normalized spacial score (nSPS) is 14.7. The van der Waals surface area contributed by atoms with Crippen LogP contribution < -0.4 is 0 Å². The van der Waals surface area contributed by atoms with Crippen LogP contribution in [-0.2, 0) is 25.7 Å². The maximum atomic E-state index is 13.0. The first-order valence-corrected chi connectivity index (χ1v) is 10.2. The number of carbonyl (C=O) groups is 3. The minimum Gasteiger partial charge on any atom is -0.466 e. The topological polar surface area (TPSA) is 89.3 Å². The smallest absolute Gasteiger partial charge is 0.309 e. The van der Waals surface area contributed by atoms with Gasteiger partial charge in [-0.2, -0.15) is 0 Å². The molecule has 1 aromatic carbocycles. The molecule has 1 aromatic heterocycles. The molecule has 0 N–H and O–H groups in total. The fraction of sp³-hybridized carbons (Fsp3) is 0.500. The molecule has 3 rings (SSSR count). The molecule has 1 fully saturated rings. The average molecular weight is 416 g/mol. The van der Waals surface area contributed by atoms with Gasteiger partial charge in [-0.05, 0) is 25.8 Å². The summed E-state index contributed by atoms with van der Waals surface area (Å²) in [6.07, 6.45) is 1.15. The van der Waals surface area contributed by atoms with Crippen LogP contribution in [0.1, 0.15) is 35.9 Å². The molecule has 0 spiro atoms. The van der Waals surface area contributed by atoms with Gasteiger partial charge in [0.2, 0.25) is 5.91 Å². The van der Waals surface area contributed by atoms with E-state index in [-0.39, 0.29) is 42.6 Å². The van der Waals surface area contributed by atoms with Crippen molar-refractivity contribution in [3.05, 3.63) is 35.6 Å². The fourth-order valence-corrected chi connectivity index (χ4v) is 3.73. The Morgan fingerprint density at radius 3 is 2.57 bits per heavy atom. The number of carbonyl (C=O) groups excluding carboxylic acids is 3. The van der Waals surface area contributed by atoms with Crippen molar-refractivity contribution in [2.75, 3.05) is 40.4 Å². The summed E-state index contributed by atoms with van der Waals surface area (Å²) in [5.74, 6) is -0.701. The van der Waals surface area contributed by atoms with Crippen molar-refractivity contribution in [3.63, 3.8) is 0 Å². The van der Waals surface area contributed by atoms with Crippen molar-refractivity contribution in [1.29, 1.82) is 0 Å². The van der Waals surface area contributed by atoms with Gasteiger partial charge in [-0.3, -0.25) is 14.4 Å². The molecular formula is C22H28N2O6. The Bertz CT molecular complexity index is 913. The molecule has 0 aliphatic carbocycles. The van der Waals surface area contributed by atoms with Gasteiger partial charge in [-0.25, -0.2) is 0 Å². The molecule has 2 amide bonds. The number of methoxy groups -OCH3 is 1. The Kier molecular flexibility index (Phi) is 7.10. The number of rotatable bonds is 7. The number of para-hydroxylation sites is 1. The van der Waals surface area contributed by atoms with E-state index in [0.29, 0.717) is 43.7 Å². The van der Waals surface area contributed by atoms with Gasteiger partial charge in [-0.1, -0.05) is 18.2 Å². The number of ether oxygens (including phenoxy) is 2. The number of piperidine rings is 1. The van der Waals surface area contributed by atoms with Crippen LogP contribution >= 0.6 is 0 Å². The Labute approximate surface area is 175 Å². The van der Waals surface area contributed by atoms with Crippen LogP contribution in [-0.4, -0.2) is 68.0 Å². The zero-order valence-corrected chi connectivity index (χ0v) is 17.7. The van der Waals surface area contributed by atoms with Crippen LogP contribution in [0.5, 0.6) is 0 Å². The molecule has 0 saturated carbocycles. The van der Waals surface area contributed by atoms with E-state index < -0.39 is 0 Å². The predicted molar refractivity (Wildman–Crippen MR) is 110 cm³/mol. The summed E-state index contributed by atoms with van der Waals surface area (Å²) < 4.78 is 16.1. The first-order chi connectivity index (χ1) is 14.5. The monoisotopic (exact) mass is 416 g/mol. The lowest BCUT2D eigenvalue weighted by Gasteiger charge is -2.32. The van der Waals surface area contributed by atoms with Gasteiger partial charge in [0.1, 0.15) is 5.58 Å². The number of fused-ring (bicyclic) bond motifs is 1. The van der Waals surface area contributed by atoms with E-state index in [1.165, 1.54) is 4.90 Å². The van der Waals surface area contributed by atoms with Gasteiger partial charge in [0.25, 0.3) is 5.91 Å². The lowest BCUT2D eigenvalue weighted by molar-refractivity contribution is -0.151. The number of esters is 1. The number of furan rings is 1. The minimum atomic E-state index is -0.368. The summed E-state index contributed by atoms with van der Waals surface area (Å²) in [5.41, 5.74) is 1.28. The highest BCUT2D eigenvalue weighted by molar-refractivity contribution is 6.00. The van der Waals surface area contributed by atoms with E-state index >= 15 is 0 Å². The Morgan fingerprint density at radius 2 is 1.90 bits per heavy atom. The summed E-state index contributed by atoms with van der Waals surface area (Å²) in [6, 6.07) is 7.38. The largest absolute Gasteiger partial charge is 0.466 e. The first-order valence-electron chi connectivity index (χ1n) is 10.2. The van der Waals surface area contributed by atoms with Gasteiger partial charge in [0, 0.05) is 38.2 Å². The lowest BCUT2D eigenvalue weighted by atomic mass is 9.97. The van der Waals surface area contributed by atoms with E-state index in [4.69, 9.17) is 13.9 Å². The number of likely N-dealkylation sites (N-methyl/N-ethyl adjacent to an activating group) is 1. The molecule has 8 nitrogen and oxygen atoms in total. The van der Waals surface area contributed by atoms with Crippen molar-refractivity contribution in [2.24, 2.45) is 5.92 Å². The summed E-state index contributed by atoms with van der Waals surface area (Å²) in [7, 11) is 3.14. The van der Waals surface area contributed by atoms with Gasteiger partial charge >= 0.3 is 5.97 Å².